The van der Waals surface area contributed by atoms with Crippen molar-refractivity contribution >= 4 is 56.5 Å². The van der Waals surface area contributed by atoms with E-state index in [-0.39, 0.29) is 33.0 Å². The van der Waals surface area contributed by atoms with Crippen molar-refractivity contribution in [3.05, 3.63) is 56.4 Å². The van der Waals surface area contributed by atoms with Gasteiger partial charge in [0.15, 0.2) is 0 Å². The molecule has 0 bridgehead atoms. The number of primary amides is 1. The average Bonchev–Trinajstić information content (AvgIpc) is 2.99. The van der Waals surface area contributed by atoms with Crippen molar-refractivity contribution in [3.8, 4) is 5.75 Å². The van der Waals surface area contributed by atoms with Gasteiger partial charge in [0.2, 0.25) is 5.91 Å². The molecule has 144 valence electrons. The van der Waals surface area contributed by atoms with Crippen molar-refractivity contribution in [2.24, 2.45) is 5.73 Å². The molecule has 0 aliphatic heterocycles. The Morgan fingerprint density at radius 3 is 2.61 bits per heavy atom. The number of non-ortho nitro benzene ring substituents is 1. The molecule has 10 nitrogen and oxygen atoms in total. The molecule has 0 unspecified atom stereocenters. The number of carbonyl (C=O) groups is 2. The van der Waals surface area contributed by atoms with Crippen molar-refractivity contribution in [1.82, 2.24) is 4.98 Å². The van der Waals surface area contributed by atoms with E-state index >= 15 is 0 Å². The molecule has 0 saturated heterocycles. The Hall–Kier alpha value is -3.38. The number of pyridine rings is 1. The molecular formula is C16H12N4O6S2. The largest absolute Gasteiger partial charge is 0.506 e. The lowest BCUT2D eigenvalue weighted by Gasteiger charge is -2.05. The van der Waals surface area contributed by atoms with Gasteiger partial charge in [0.25, 0.3) is 17.2 Å². The molecule has 0 saturated carbocycles. The van der Waals surface area contributed by atoms with E-state index in [2.05, 4.69) is 10.3 Å². The van der Waals surface area contributed by atoms with Crippen LogP contribution in [0.1, 0.15) is 10.4 Å². The van der Waals surface area contributed by atoms with Gasteiger partial charge in [-0.05, 0) is 12.1 Å². The normalized spacial score (nSPS) is 10.7. The summed E-state index contributed by atoms with van der Waals surface area (Å²) in [5, 5.41) is 23.1. The van der Waals surface area contributed by atoms with Crippen LogP contribution in [0.15, 0.2) is 39.3 Å². The average molecular weight is 420 g/mol. The first kappa shape index (κ1) is 19.4. The Labute approximate surface area is 164 Å². The number of hydrogen-bond donors (Lipinski definition) is 4. The van der Waals surface area contributed by atoms with Gasteiger partial charge in [-0.1, -0.05) is 0 Å². The minimum absolute atomic E-state index is 0.0288. The summed E-state index contributed by atoms with van der Waals surface area (Å²) in [5.41, 5.74) is 5.24. The lowest BCUT2D eigenvalue weighted by Crippen LogP contribution is -2.15. The zero-order valence-corrected chi connectivity index (χ0v) is 15.6. The number of amides is 2. The zero-order valence-electron chi connectivity index (χ0n) is 13.9. The maximum absolute atomic E-state index is 12.1. The monoisotopic (exact) mass is 420 g/mol. The number of thiophene rings is 1. The summed E-state index contributed by atoms with van der Waals surface area (Å²) in [6.07, 6.45) is 0. The summed E-state index contributed by atoms with van der Waals surface area (Å²) in [4.78, 5) is 48.0. The van der Waals surface area contributed by atoms with Crippen LogP contribution >= 0.6 is 23.1 Å². The zero-order chi connectivity index (χ0) is 20.4. The summed E-state index contributed by atoms with van der Waals surface area (Å²) in [5.74, 6) is -1.58. The van der Waals surface area contributed by atoms with Gasteiger partial charge in [0.05, 0.1) is 30.7 Å². The van der Waals surface area contributed by atoms with Crippen LogP contribution in [0.5, 0.6) is 5.75 Å². The van der Waals surface area contributed by atoms with Crippen LogP contribution in [0.4, 0.5) is 11.4 Å². The molecule has 0 spiro atoms. The lowest BCUT2D eigenvalue weighted by molar-refractivity contribution is -0.384. The van der Waals surface area contributed by atoms with Crippen molar-refractivity contribution in [1.29, 1.82) is 0 Å². The number of aromatic nitrogens is 1. The number of H-pyrrole nitrogens is 1. The Balaban J connectivity index is 1.77. The number of nitro benzene ring substituents is 1. The van der Waals surface area contributed by atoms with Gasteiger partial charge in [0, 0.05) is 23.9 Å². The standard InChI is InChI=1S/C16H12N4O6S2/c17-15(24)12-13-14(9(21)5-10(22)19-13)28-16(12)27-6-11(23)18-7-1-3-8(4-2-7)20(25)26/h1-5H,6H2,(H2,17,24)(H,18,23)(H2,19,21,22). The van der Waals surface area contributed by atoms with Crippen molar-refractivity contribution in [2.45, 2.75) is 4.21 Å². The number of aromatic hydroxyl groups is 1. The Kier molecular flexibility index (Phi) is 5.33. The van der Waals surface area contributed by atoms with Crippen LogP contribution in [0.3, 0.4) is 0 Å². The van der Waals surface area contributed by atoms with E-state index in [1.165, 1.54) is 24.3 Å². The summed E-state index contributed by atoms with van der Waals surface area (Å²) in [6.45, 7) is 0. The number of carbonyl (C=O) groups excluding carboxylic acids is 2. The maximum atomic E-state index is 12.1. The molecular weight excluding hydrogens is 408 g/mol. The second-order valence-corrected chi connectivity index (χ2v) is 7.76. The third-order valence-corrected chi connectivity index (χ3v) is 6.05. The smallest absolute Gasteiger partial charge is 0.269 e. The molecule has 28 heavy (non-hydrogen) atoms. The summed E-state index contributed by atoms with van der Waals surface area (Å²) >= 11 is 2.04. The predicted octanol–water partition coefficient (Wildman–Crippen LogP) is 2.03. The van der Waals surface area contributed by atoms with Gasteiger partial charge < -0.3 is 21.1 Å². The SMILES string of the molecule is NC(=O)c1c(SCC(=O)Nc2ccc([N+](=O)[O-])cc2)sc2c(O)cc(=O)[nH]c12. The van der Waals surface area contributed by atoms with Crippen LogP contribution in [0, 0.1) is 10.1 Å². The second-order valence-electron chi connectivity index (χ2n) is 5.49. The quantitative estimate of drug-likeness (QED) is 0.269. The minimum atomic E-state index is -0.800. The highest BCUT2D eigenvalue weighted by Gasteiger charge is 2.21. The lowest BCUT2D eigenvalue weighted by atomic mass is 10.2. The number of nitrogens with zero attached hydrogens (tertiary/aromatic N) is 1. The molecule has 3 rings (SSSR count). The fourth-order valence-corrected chi connectivity index (χ4v) is 4.63. The minimum Gasteiger partial charge on any atom is -0.506 e. The molecule has 12 heteroatoms. The van der Waals surface area contributed by atoms with Crippen LogP contribution in [-0.4, -0.2) is 32.6 Å². The fraction of sp³-hybridized carbons (Fsp3) is 0.0625. The number of nitro groups is 1. The second kappa shape index (κ2) is 7.70. The first-order chi connectivity index (χ1) is 13.3. The number of anilines is 1. The number of thioether (sulfide) groups is 1. The third-order valence-electron chi connectivity index (χ3n) is 3.57. The van der Waals surface area contributed by atoms with Crippen molar-refractivity contribution in [3.63, 3.8) is 0 Å². The van der Waals surface area contributed by atoms with Crippen LogP contribution in [-0.2, 0) is 4.79 Å². The van der Waals surface area contributed by atoms with Gasteiger partial charge in [-0.15, -0.1) is 23.1 Å². The molecule has 0 radical (unpaired) electrons. The molecule has 0 aliphatic rings. The van der Waals surface area contributed by atoms with Crippen molar-refractivity contribution < 1.29 is 19.6 Å². The van der Waals surface area contributed by atoms with Crippen molar-refractivity contribution in [2.75, 3.05) is 11.1 Å². The summed E-state index contributed by atoms with van der Waals surface area (Å²) in [7, 11) is 0. The Morgan fingerprint density at radius 2 is 2.00 bits per heavy atom. The fourth-order valence-electron chi connectivity index (χ4n) is 2.38. The molecule has 0 atom stereocenters. The number of nitrogens with one attached hydrogen (secondary N) is 2. The molecule has 2 aromatic heterocycles. The highest BCUT2D eigenvalue weighted by Crippen LogP contribution is 2.40. The third kappa shape index (κ3) is 3.97. The van der Waals surface area contributed by atoms with E-state index in [0.29, 0.717) is 9.90 Å². The Morgan fingerprint density at radius 1 is 1.32 bits per heavy atom. The highest BCUT2D eigenvalue weighted by atomic mass is 32.2. The highest BCUT2D eigenvalue weighted by molar-refractivity contribution is 8.02. The summed E-state index contributed by atoms with van der Waals surface area (Å²) in [6, 6.07) is 6.31. The molecule has 2 amide bonds. The first-order valence-electron chi connectivity index (χ1n) is 7.62. The molecule has 0 fully saturated rings. The molecule has 5 N–H and O–H groups in total. The van der Waals surface area contributed by atoms with Crippen LogP contribution < -0.4 is 16.6 Å². The van der Waals surface area contributed by atoms with E-state index < -0.39 is 22.3 Å². The molecule has 2 heterocycles. The topological polar surface area (TPSA) is 168 Å². The number of nitrogens with two attached hydrogens (primary N) is 1. The molecule has 3 aromatic rings. The Bertz CT molecular complexity index is 1150. The van der Waals surface area contributed by atoms with Crippen LogP contribution in [0.2, 0.25) is 0 Å². The van der Waals surface area contributed by atoms with E-state index in [1.54, 1.807) is 0 Å². The predicted molar refractivity (Wildman–Crippen MR) is 105 cm³/mol. The number of rotatable bonds is 6. The van der Waals surface area contributed by atoms with Gasteiger partial charge in [-0.2, -0.15) is 0 Å². The first-order valence-corrected chi connectivity index (χ1v) is 9.42. The maximum Gasteiger partial charge on any atom is 0.269 e. The van der Waals surface area contributed by atoms with E-state index in [1.807, 2.05) is 0 Å². The summed E-state index contributed by atoms with van der Waals surface area (Å²) < 4.78 is 0.658. The van der Waals surface area contributed by atoms with E-state index in [9.17, 15) is 29.6 Å². The number of aromatic amines is 1. The van der Waals surface area contributed by atoms with E-state index in [0.717, 1.165) is 29.2 Å². The number of benzene rings is 1. The molecule has 1 aromatic carbocycles. The van der Waals surface area contributed by atoms with Crippen LogP contribution in [0.25, 0.3) is 10.2 Å². The van der Waals surface area contributed by atoms with Gasteiger partial charge in [0.1, 0.15) is 5.75 Å². The van der Waals surface area contributed by atoms with Gasteiger partial charge >= 0.3 is 0 Å². The number of fused-ring (bicyclic) bond motifs is 1. The van der Waals surface area contributed by atoms with Gasteiger partial charge in [-0.25, -0.2) is 0 Å². The molecule has 0 aliphatic carbocycles. The number of hydrogen-bond acceptors (Lipinski definition) is 8. The van der Waals surface area contributed by atoms with E-state index in [4.69, 9.17) is 5.73 Å². The van der Waals surface area contributed by atoms with Gasteiger partial charge in [-0.3, -0.25) is 24.5 Å².